The van der Waals surface area contributed by atoms with E-state index in [1.165, 1.54) is 116 Å². The first-order valence-electron chi connectivity index (χ1n) is 22.0. The minimum Gasteiger partial charge on any atom is -0.458 e. The fourth-order valence-electron chi connectivity index (χ4n) is 13.9. The zero-order valence-corrected chi connectivity index (χ0v) is 33.7. The molecule has 7 aromatic carbocycles. The maximum absolute atomic E-state index is 7.39. The lowest BCUT2D eigenvalue weighted by atomic mass is 9.34. The molecule has 0 amide bonds. The molecule has 2 aliphatic heterocycles. The van der Waals surface area contributed by atoms with Crippen molar-refractivity contribution in [2.24, 2.45) is 17.8 Å². The Bertz CT molecular complexity index is 3030. The molecular weight excluding hydrogens is 715 g/mol. The van der Waals surface area contributed by atoms with E-state index >= 15 is 0 Å². The third-order valence-corrected chi connectivity index (χ3v) is 15.9. The second-order valence-corrected chi connectivity index (χ2v) is 19.5. The van der Waals surface area contributed by atoms with Crippen LogP contribution in [-0.4, -0.2) is 11.3 Å². The molecule has 0 unspecified atom stereocenters. The van der Waals surface area contributed by atoms with Gasteiger partial charge in [0.15, 0.2) is 0 Å². The van der Waals surface area contributed by atoms with Crippen molar-refractivity contribution in [2.75, 3.05) is 4.90 Å². The van der Waals surface area contributed by atoms with Gasteiger partial charge in [0.05, 0.1) is 5.52 Å². The van der Waals surface area contributed by atoms with Crippen LogP contribution in [0.5, 0.6) is 11.5 Å². The third-order valence-electron chi connectivity index (χ3n) is 15.9. The maximum atomic E-state index is 7.39. The van der Waals surface area contributed by atoms with E-state index in [-0.39, 0.29) is 17.5 Å². The van der Waals surface area contributed by atoms with Gasteiger partial charge >= 0.3 is 0 Å². The second-order valence-electron chi connectivity index (χ2n) is 19.5. The minimum absolute atomic E-state index is 0.0849. The molecule has 4 saturated carbocycles. The van der Waals surface area contributed by atoms with Crippen LogP contribution in [0.1, 0.15) is 69.1 Å². The van der Waals surface area contributed by atoms with Crippen LogP contribution in [0.2, 0.25) is 0 Å². The number of fused-ring (bicyclic) bond motifs is 10. The highest BCUT2D eigenvalue weighted by Crippen LogP contribution is 2.61. The van der Waals surface area contributed by atoms with E-state index < -0.39 is 0 Å². The Morgan fingerprint density at radius 2 is 1.24 bits per heavy atom. The van der Waals surface area contributed by atoms with Gasteiger partial charge in [0.2, 0.25) is 0 Å². The fraction of sp³-hybridized carbons (Fsp3) is 0.236. The number of ether oxygens (including phenoxy) is 1. The summed E-state index contributed by atoms with van der Waals surface area (Å²) < 4.78 is 10.0. The summed E-state index contributed by atoms with van der Waals surface area (Å²) in [6, 6.07) is 54.9. The zero-order chi connectivity index (χ0) is 38.8. The molecular formula is C55H45BN2O. The highest BCUT2D eigenvalue weighted by Gasteiger charge is 2.53. The molecule has 59 heavy (non-hydrogen) atoms. The largest absolute Gasteiger partial charge is 0.458 e. The highest BCUT2D eigenvalue weighted by atomic mass is 16.5. The molecule has 0 spiro atoms. The van der Waals surface area contributed by atoms with Crippen molar-refractivity contribution in [2.45, 2.75) is 63.2 Å². The summed E-state index contributed by atoms with van der Waals surface area (Å²) in [5.74, 6) is 4.71. The smallest absolute Gasteiger partial charge is 0.256 e. The molecule has 4 bridgehead atoms. The average molecular weight is 761 g/mol. The van der Waals surface area contributed by atoms with Crippen LogP contribution in [0.15, 0.2) is 146 Å². The first-order valence-corrected chi connectivity index (χ1v) is 22.0. The standard InChI is InChI=1S/C55H45BN2O/c1-54(2)44-27-39(57(37-12-5-3-6-13-37)38-14-7-4-8-15-38)20-21-40(44)43-28-50-47(29-45(43)54)56-46-18-11-17-42-41-16-9-10-19-48(41)58(53(42)46)49-25-36(26-51(59-50)52(49)56)55-30-33-22-34(31-55)24-35(23-33)32-55/h3-21,25-29,33-35H,22-24,30-32H2,1-2H3. The molecule has 3 heterocycles. The predicted molar refractivity (Wildman–Crippen MR) is 244 cm³/mol. The molecule has 284 valence electrons. The Morgan fingerprint density at radius 1 is 0.576 bits per heavy atom. The van der Waals surface area contributed by atoms with E-state index in [1.54, 1.807) is 0 Å². The normalized spacial score (nSPS) is 23.2. The van der Waals surface area contributed by atoms with Gasteiger partial charge in [-0.3, -0.25) is 0 Å². The summed E-state index contributed by atoms with van der Waals surface area (Å²) in [5, 5.41) is 2.68. The van der Waals surface area contributed by atoms with E-state index in [9.17, 15) is 0 Å². The van der Waals surface area contributed by atoms with E-state index in [4.69, 9.17) is 4.74 Å². The van der Waals surface area contributed by atoms with E-state index in [0.29, 0.717) is 0 Å². The number of rotatable bonds is 4. The summed E-state index contributed by atoms with van der Waals surface area (Å²) in [6.45, 7) is 4.93. The van der Waals surface area contributed by atoms with Gasteiger partial charge in [-0.15, -0.1) is 0 Å². The first-order chi connectivity index (χ1) is 28.9. The van der Waals surface area contributed by atoms with E-state index in [1.807, 2.05) is 0 Å². The van der Waals surface area contributed by atoms with Crippen molar-refractivity contribution in [3.63, 3.8) is 0 Å². The molecule has 0 N–H and O–H groups in total. The van der Waals surface area contributed by atoms with Gasteiger partial charge in [-0.05, 0) is 167 Å². The van der Waals surface area contributed by atoms with Crippen molar-refractivity contribution in [1.82, 2.24) is 4.57 Å². The topological polar surface area (TPSA) is 17.4 Å². The van der Waals surface area contributed by atoms with Crippen LogP contribution in [0.25, 0.3) is 38.6 Å². The van der Waals surface area contributed by atoms with Crippen molar-refractivity contribution >= 4 is 62.0 Å². The Hall–Kier alpha value is -6.00. The number of anilines is 3. The molecule has 0 radical (unpaired) electrons. The monoisotopic (exact) mass is 760 g/mol. The Labute approximate surface area is 346 Å². The number of benzene rings is 7. The summed E-state index contributed by atoms with van der Waals surface area (Å²) in [5.41, 5.74) is 18.4. The highest BCUT2D eigenvalue weighted by molar-refractivity contribution is 6.99. The van der Waals surface area contributed by atoms with Crippen molar-refractivity contribution in [3.05, 3.63) is 162 Å². The molecule has 4 heteroatoms. The lowest BCUT2D eigenvalue weighted by Crippen LogP contribution is -2.59. The zero-order valence-electron chi connectivity index (χ0n) is 33.7. The molecule has 5 aliphatic carbocycles. The van der Waals surface area contributed by atoms with Gasteiger partial charge in [-0.25, -0.2) is 0 Å². The summed E-state index contributed by atoms with van der Waals surface area (Å²) in [4.78, 5) is 2.38. The van der Waals surface area contributed by atoms with Gasteiger partial charge in [0, 0.05) is 44.5 Å². The lowest BCUT2D eigenvalue weighted by Gasteiger charge is -2.57. The molecule has 15 rings (SSSR count). The summed E-state index contributed by atoms with van der Waals surface area (Å²) >= 11 is 0. The van der Waals surface area contributed by atoms with Gasteiger partial charge < -0.3 is 14.2 Å². The number of hydrogen-bond acceptors (Lipinski definition) is 2. The van der Waals surface area contributed by atoms with Gasteiger partial charge in [0.1, 0.15) is 11.5 Å². The third kappa shape index (κ3) is 4.34. The second kappa shape index (κ2) is 11.4. The fourth-order valence-corrected chi connectivity index (χ4v) is 13.9. The van der Waals surface area contributed by atoms with E-state index in [2.05, 4.69) is 169 Å². The van der Waals surface area contributed by atoms with Crippen LogP contribution in [0, 0.1) is 17.8 Å². The van der Waals surface area contributed by atoms with Crippen LogP contribution < -0.4 is 26.0 Å². The maximum Gasteiger partial charge on any atom is 0.256 e. The van der Waals surface area contributed by atoms with Crippen LogP contribution in [0.3, 0.4) is 0 Å². The van der Waals surface area contributed by atoms with Gasteiger partial charge in [0.25, 0.3) is 6.71 Å². The average Bonchev–Trinajstić information content (AvgIpc) is 3.70. The summed E-state index contributed by atoms with van der Waals surface area (Å²) in [7, 11) is 0. The number of aromatic nitrogens is 1. The van der Waals surface area contributed by atoms with Crippen molar-refractivity contribution < 1.29 is 4.74 Å². The van der Waals surface area contributed by atoms with Crippen LogP contribution in [0.4, 0.5) is 17.1 Å². The molecule has 0 atom stereocenters. The molecule has 0 saturated heterocycles. The van der Waals surface area contributed by atoms with Crippen LogP contribution in [-0.2, 0) is 10.8 Å². The quantitative estimate of drug-likeness (QED) is 0.166. The summed E-state index contributed by atoms with van der Waals surface area (Å²) in [6.07, 6.45) is 8.34. The number of para-hydroxylation sites is 4. The number of nitrogens with zero attached hydrogens (tertiary/aromatic N) is 2. The van der Waals surface area contributed by atoms with Gasteiger partial charge in [-0.1, -0.05) is 98.8 Å². The molecule has 7 aliphatic rings. The Morgan fingerprint density at radius 3 is 1.97 bits per heavy atom. The predicted octanol–water partition coefficient (Wildman–Crippen LogP) is 12.0. The molecule has 4 fully saturated rings. The molecule has 1 aromatic heterocycles. The van der Waals surface area contributed by atoms with E-state index in [0.717, 1.165) is 40.6 Å². The molecule has 8 aromatic rings. The SMILES string of the molecule is CC1(C)c2cc(N(c3ccccc3)c3ccccc3)ccc2-c2cc3c(cc21)B1c2c(cc(C45CC6CC(CC(C6)C4)C5)cc2-n2c4ccccc4c4cccc1c42)O3. The van der Waals surface area contributed by atoms with Crippen molar-refractivity contribution in [1.29, 1.82) is 0 Å². The lowest BCUT2D eigenvalue weighted by molar-refractivity contribution is -0.00524. The Balaban J connectivity index is 0.978. The minimum atomic E-state index is -0.213. The van der Waals surface area contributed by atoms with Crippen LogP contribution >= 0.6 is 0 Å². The molecule has 3 nitrogen and oxygen atoms in total. The Kier molecular flexibility index (Phi) is 6.35. The van der Waals surface area contributed by atoms with Crippen molar-refractivity contribution in [3.8, 4) is 28.3 Å². The van der Waals surface area contributed by atoms with Gasteiger partial charge in [-0.2, -0.15) is 0 Å². The number of hydrogen-bond donors (Lipinski definition) is 0. The first kappa shape index (κ1) is 32.9.